The van der Waals surface area contributed by atoms with E-state index in [1.165, 1.54) is 0 Å². The van der Waals surface area contributed by atoms with E-state index in [2.05, 4.69) is 29.8 Å². The molecule has 3 heterocycles. The van der Waals surface area contributed by atoms with Crippen molar-refractivity contribution in [1.82, 2.24) is 9.55 Å². The van der Waals surface area contributed by atoms with Crippen LogP contribution in [-0.2, 0) is 11.8 Å². The summed E-state index contributed by atoms with van der Waals surface area (Å²) in [6, 6.07) is 13.9. The molecule has 0 aliphatic carbocycles. The number of nitriles is 1. The Bertz CT molecular complexity index is 1030. The molecule has 2 aromatic heterocycles. The van der Waals surface area contributed by atoms with Crippen LogP contribution in [0.15, 0.2) is 40.8 Å². The minimum absolute atomic E-state index is 0.160. The van der Waals surface area contributed by atoms with Crippen LogP contribution in [0.5, 0.6) is 0 Å². The first-order valence-corrected chi connectivity index (χ1v) is 9.09. The maximum absolute atomic E-state index is 9.68. The molecule has 0 spiro atoms. The molecule has 0 radical (unpaired) electrons. The van der Waals surface area contributed by atoms with E-state index in [0.717, 1.165) is 30.0 Å². The van der Waals surface area contributed by atoms with E-state index >= 15 is 0 Å². The van der Waals surface area contributed by atoms with Crippen LogP contribution < -0.4 is 4.90 Å². The molecule has 27 heavy (non-hydrogen) atoms. The van der Waals surface area contributed by atoms with E-state index in [1.54, 1.807) is 6.08 Å². The number of aromatic nitrogens is 2. The molecule has 2 atom stereocenters. The van der Waals surface area contributed by atoms with E-state index in [1.807, 2.05) is 48.0 Å². The number of benzene rings is 1. The Morgan fingerprint density at radius 1 is 1.19 bits per heavy atom. The fraction of sp³-hybridized carbons (Fsp3) is 0.333. The third-order valence-corrected chi connectivity index (χ3v) is 4.78. The second-order valence-electron chi connectivity index (χ2n) is 6.99. The zero-order valence-electron chi connectivity index (χ0n) is 15.7. The molecule has 1 aliphatic rings. The van der Waals surface area contributed by atoms with E-state index in [9.17, 15) is 5.26 Å². The third-order valence-electron chi connectivity index (χ3n) is 4.78. The lowest BCUT2D eigenvalue weighted by molar-refractivity contribution is -0.00641. The summed E-state index contributed by atoms with van der Waals surface area (Å²) in [5.41, 5.74) is 2.33. The highest BCUT2D eigenvalue weighted by Crippen LogP contribution is 2.26. The van der Waals surface area contributed by atoms with Gasteiger partial charge in [-0.05, 0) is 32.0 Å². The normalized spacial score (nSPS) is 20.8. The molecular formula is C21H22N4O2. The average molecular weight is 362 g/mol. The number of rotatable bonds is 3. The first-order valence-electron chi connectivity index (χ1n) is 9.09. The Morgan fingerprint density at radius 3 is 2.63 bits per heavy atom. The van der Waals surface area contributed by atoms with Crippen LogP contribution in [0, 0.1) is 11.3 Å². The summed E-state index contributed by atoms with van der Waals surface area (Å²) in [4.78, 5) is 6.78. The van der Waals surface area contributed by atoms with Gasteiger partial charge in [0.1, 0.15) is 11.8 Å². The molecule has 6 nitrogen and oxygen atoms in total. The zero-order chi connectivity index (χ0) is 19.0. The van der Waals surface area contributed by atoms with Crippen LogP contribution in [-0.4, -0.2) is 34.8 Å². The zero-order valence-corrected chi connectivity index (χ0v) is 15.7. The van der Waals surface area contributed by atoms with Gasteiger partial charge in [0.15, 0.2) is 11.7 Å². The Labute approximate surface area is 158 Å². The Balaban J connectivity index is 1.65. The van der Waals surface area contributed by atoms with Gasteiger partial charge in [-0.25, -0.2) is 4.98 Å². The van der Waals surface area contributed by atoms with Crippen molar-refractivity contribution in [3.8, 4) is 6.07 Å². The smallest absolute Gasteiger partial charge is 0.196 e. The van der Waals surface area contributed by atoms with Crippen molar-refractivity contribution >= 4 is 28.6 Å². The van der Waals surface area contributed by atoms with Crippen molar-refractivity contribution in [2.24, 2.45) is 7.05 Å². The summed E-state index contributed by atoms with van der Waals surface area (Å²) in [5, 5.41) is 9.68. The van der Waals surface area contributed by atoms with Crippen LogP contribution in [0.3, 0.4) is 0 Å². The molecule has 1 saturated heterocycles. The lowest BCUT2D eigenvalue weighted by Gasteiger charge is -2.35. The molecule has 4 rings (SSSR count). The number of nitrogens with zero attached hydrogens (tertiary/aromatic N) is 4. The number of furan rings is 1. The summed E-state index contributed by atoms with van der Waals surface area (Å²) >= 11 is 0. The molecule has 6 heteroatoms. The van der Waals surface area contributed by atoms with Gasteiger partial charge in [0.25, 0.3) is 0 Å². The Morgan fingerprint density at radius 2 is 1.93 bits per heavy atom. The number of ether oxygens (including phenoxy) is 1. The highest BCUT2D eigenvalue weighted by atomic mass is 16.5. The van der Waals surface area contributed by atoms with Gasteiger partial charge in [-0.2, -0.15) is 5.26 Å². The molecular weight excluding hydrogens is 340 g/mol. The maximum Gasteiger partial charge on any atom is 0.196 e. The van der Waals surface area contributed by atoms with Crippen molar-refractivity contribution in [2.75, 3.05) is 18.0 Å². The van der Waals surface area contributed by atoms with Crippen molar-refractivity contribution in [3.05, 3.63) is 48.0 Å². The standard InChI is InChI=1S/C21H22N4O2/c1-14-12-25(13-15(2)26-14)20-9-8-17(27-20)10-16(11-22)21-23-18-6-4-5-7-19(18)24(21)3/h4-10,14-15H,12-13H2,1-3H3/b16-10+/t14-,15-/m1/s1. The number of para-hydroxylation sites is 2. The fourth-order valence-electron chi connectivity index (χ4n) is 3.62. The number of fused-ring (bicyclic) bond motifs is 1. The highest BCUT2D eigenvalue weighted by molar-refractivity contribution is 5.90. The van der Waals surface area contributed by atoms with Crippen molar-refractivity contribution < 1.29 is 9.15 Å². The molecule has 0 amide bonds. The van der Waals surface area contributed by atoms with E-state index in [-0.39, 0.29) is 12.2 Å². The molecule has 0 unspecified atom stereocenters. The van der Waals surface area contributed by atoms with Crippen LogP contribution in [0.1, 0.15) is 25.4 Å². The largest absolute Gasteiger partial charge is 0.441 e. The lowest BCUT2D eigenvalue weighted by Crippen LogP contribution is -2.45. The summed E-state index contributed by atoms with van der Waals surface area (Å²) in [7, 11) is 1.92. The molecule has 138 valence electrons. The summed E-state index contributed by atoms with van der Waals surface area (Å²) in [5.74, 6) is 2.07. The van der Waals surface area contributed by atoms with E-state index < -0.39 is 0 Å². The predicted molar refractivity (Wildman–Crippen MR) is 105 cm³/mol. The average Bonchev–Trinajstić information content (AvgIpc) is 3.24. The molecule has 0 bridgehead atoms. The van der Waals surface area contributed by atoms with Gasteiger partial charge < -0.3 is 18.6 Å². The van der Waals surface area contributed by atoms with Gasteiger partial charge in [0, 0.05) is 32.3 Å². The second kappa shape index (κ2) is 6.93. The lowest BCUT2D eigenvalue weighted by atomic mass is 10.2. The first-order chi connectivity index (χ1) is 13.0. The van der Waals surface area contributed by atoms with Crippen molar-refractivity contribution in [2.45, 2.75) is 26.1 Å². The number of imidazole rings is 1. The van der Waals surface area contributed by atoms with E-state index in [4.69, 9.17) is 9.15 Å². The number of hydrogen-bond acceptors (Lipinski definition) is 5. The second-order valence-corrected chi connectivity index (χ2v) is 6.99. The molecule has 3 aromatic rings. The number of hydrogen-bond donors (Lipinski definition) is 0. The van der Waals surface area contributed by atoms with Gasteiger partial charge in [-0.3, -0.25) is 0 Å². The van der Waals surface area contributed by atoms with Gasteiger partial charge in [0.2, 0.25) is 0 Å². The van der Waals surface area contributed by atoms with Crippen LogP contribution in [0.4, 0.5) is 5.88 Å². The minimum Gasteiger partial charge on any atom is -0.441 e. The van der Waals surface area contributed by atoms with Crippen LogP contribution in [0.2, 0.25) is 0 Å². The van der Waals surface area contributed by atoms with E-state index in [0.29, 0.717) is 17.2 Å². The third kappa shape index (κ3) is 3.34. The number of morpholine rings is 1. The van der Waals surface area contributed by atoms with Gasteiger partial charge in [-0.1, -0.05) is 12.1 Å². The number of anilines is 1. The number of aryl methyl sites for hydroxylation is 1. The SMILES string of the molecule is C[C@@H]1CN(c2ccc(/C=C(\C#N)c3nc4ccccc4n3C)o2)C[C@@H](C)O1. The molecule has 0 saturated carbocycles. The summed E-state index contributed by atoms with van der Waals surface area (Å²) < 4.78 is 13.7. The molecule has 1 aromatic carbocycles. The topological polar surface area (TPSA) is 67.2 Å². The Kier molecular flexibility index (Phi) is 4.46. The van der Waals surface area contributed by atoms with Gasteiger partial charge in [-0.15, -0.1) is 0 Å². The number of allylic oxidation sites excluding steroid dienone is 1. The summed E-state index contributed by atoms with van der Waals surface area (Å²) in [6.45, 7) is 5.70. The van der Waals surface area contributed by atoms with Crippen molar-refractivity contribution in [3.63, 3.8) is 0 Å². The molecule has 1 fully saturated rings. The molecule has 0 N–H and O–H groups in total. The van der Waals surface area contributed by atoms with Gasteiger partial charge >= 0.3 is 0 Å². The van der Waals surface area contributed by atoms with Gasteiger partial charge in [0.05, 0.1) is 28.8 Å². The first kappa shape index (κ1) is 17.4. The van der Waals surface area contributed by atoms with Crippen LogP contribution in [0.25, 0.3) is 22.7 Å². The Hall–Kier alpha value is -3.04. The molecule has 1 aliphatic heterocycles. The monoisotopic (exact) mass is 362 g/mol. The highest BCUT2D eigenvalue weighted by Gasteiger charge is 2.24. The quantitative estimate of drug-likeness (QED) is 0.662. The van der Waals surface area contributed by atoms with Crippen LogP contribution >= 0.6 is 0 Å². The fourth-order valence-corrected chi connectivity index (χ4v) is 3.62. The maximum atomic E-state index is 9.68. The summed E-state index contributed by atoms with van der Waals surface area (Å²) in [6.07, 6.45) is 2.07. The van der Waals surface area contributed by atoms with Crippen molar-refractivity contribution in [1.29, 1.82) is 5.26 Å². The minimum atomic E-state index is 0.160. The predicted octanol–water partition coefficient (Wildman–Crippen LogP) is 3.84.